The van der Waals surface area contributed by atoms with Gasteiger partial charge in [0.2, 0.25) is 5.91 Å². The highest BCUT2D eigenvalue weighted by atomic mass is 16.3. The van der Waals surface area contributed by atoms with Crippen LogP contribution in [-0.4, -0.2) is 36.6 Å². The number of hydrogen-bond acceptors (Lipinski definition) is 3. The van der Waals surface area contributed by atoms with Crippen LogP contribution in [0.4, 0.5) is 0 Å². The van der Waals surface area contributed by atoms with E-state index in [1.54, 1.807) is 12.1 Å². The molecule has 0 aromatic heterocycles. The summed E-state index contributed by atoms with van der Waals surface area (Å²) in [6, 6.07) is 7.34. The average molecular weight is 278 g/mol. The van der Waals surface area contributed by atoms with Gasteiger partial charge in [-0.3, -0.25) is 9.59 Å². The minimum absolute atomic E-state index is 0.0409. The van der Waals surface area contributed by atoms with Crippen molar-refractivity contribution < 1.29 is 14.7 Å². The van der Waals surface area contributed by atoms with Gasteiger partial charge in [0.25, 0.3) is 5.91 Å². The van der Waals surface area contributed by atoms with Crippen LogP contribution in [0.3, 0.4) is 0 Å². The SMILES string of the molecule is CC(C)(C)c1ccc(C(=O)NCC(=O)NCCO)cc1. The maximum Gasteiger partial charge on any atom is 0.251 e. The topological polar surface area (TPSA) is 78.4 Å². The van der Waals surface area contributed by atoms with E-state index in [9.17, 15) is 9.59 Å². The largest absolute Gasteiger partial charge is 0.395 e. The minimum atomic E-state index is -0.321. The second-order valence-corrected chi connectivity index (χ2v) is 5.58. The molecule has 20 heavy (non-hydrogen) atoms. The summed E-state index contributed by atoms with van der Waals surface area (Å²) in [5, 5.41) is 13.6. The van der Waals surface area contributed by atoms with Crippen LogP contribution in [0.5, 0.6) is 0 Å². The maximum atomic E-state index is 11.8. The number of hydrogen-bond donors (Lipinski definition) is 3. The lowest BCUT2D eigenvalue weighted by molar-refractivity contribution is -0.120. The molecule has 3 N–H and O–H groups in total. The summed E-state index contributed by atoms with van der Waals surface area (Å²) in [4.78, 5) is 23.1. The predicted octanol–water partition coefficient (Wildman–Crippen LogP) is 0.822. The molecule has 2 amide bonds. The Kier molecular flexibility index (Phi) is 5.70. The van der Waals surface area contributed by atoms with Crippen LogP contribution in [0.2, 0.25) is 0 Å². The van der Waals surface area contributed by atoms with Gasteiger partial charge in [-0.25, -0.2) is 0 Å². The normalized spacial score (nSPS) is 11.0. The first kappa shape index (κ1) is 16.2. The molecule has 0 bridgehead atoms. The second-order valence-electron chi connectivity index (χ2n) is 5.58. The van der Waals surface area contributed by atoms with Gasteiger partial charge in [-0.15, -0.1) is 0 Å². The zero-order valence-corrected chi connectivity index (χ0v) is 12.2. The lowest BCUT2D eigenvalue weighted by atomic mass is 9.87. The van der Waals surface area contributed by atoms with Crippen molar-refractivity contribution in [1.82, 2.24) is 10.6 Å². The number of aliphatic hydroxyl groups is 1. The zero-order valence-electron chi connectivity index (χ0n) is 12.2. The molecule has 0 atom stereocenters. The highest BCUT2D eigenvalue weighted by Crippen LogP contribution is 2.22. The van der Waals surface area contributed by atoms with Crippen molar-refractivity contribution in [2.45, 2.75) is 26.2 Å². The summed E-state index contributed by atoms with van der Waals surface area (Å²) in [5.41, 5.74) is 1.71. The molecule has 0 unspecified atom stereocenters. The number of rotatable bonds is 5. The number of aliphatic hydroxyl groups excluding tert-OH is 1. The van der Waals surface area contributed by atoms with Crippen molar-refractivity contribution in [2.75, 3.05) is 19.7 Å². The molecule has 110 valence electrons. The molecular weight excluding hydrogens is 256 g/mol. The van der Waals surface area contributed by atoms with E-state index in [1.165, 1.54) is 0 Å². The number of carbonyl (C=O) groups is 2. The molecule has 1 aromatic rings. The van der Waals surface area contributed by atoms with Crippen molar-refractivity contribution in [2.24, 2.45) is 0 Å². The molecule has 0 aliphatic rings. The Balaban J connectivity index is 2.54. The summed E-state index contributed by atoms with van der Waals surface area (Å²) < 4.78 is 0. The van der Waals surface area contributed by atoms with Gasteiger partial charge in [0, 0.05) is 12.1 Å². The van der Waals surface area contributed by atoms with Crippen LogP contribution < -0.4 is 10.6 Å². The Bertz CT molecular complexity index is 461. The van der Waals surface area contributed by atoms with Crippen LogP contribution >= 0.6 is 0 Å². The number of nitrogens with one attached hydrogen (secondary N) is 2. The second kappa shape index (κ2) is 7.05. The molecule has 5 heteroatoms. The molecule has 0 saturated carbocycles. The summed E-state index contributed by atoms with van der Waals surface area (Å²) in [6.45, 7) is 6.29. The first-order chi connectivity index (χ1) is 9.34. The van der Waals surface area contributed by atoms with Gasteiger partial charge in [0.15, 0.2) is 0 Å². The fraction of sp³-hybridized carbons (Fsp3) is 0.467. The molecule has 0 radical (unpaired) electrons. The molecule has 1 aromatic carbocycles. The molecule has 5 nitrogen and oxygen atoms in total. The summed E-state index contributed by atoms with van der Waals surface area (Å²) in [6.07, 6.45) is 0. The van der Waals surface area contributed by atoms with E-state index in [1.807, 2.05) is 12.1 Å². The Hall–Kier alpha value is -1.88. The van der Waals surface area contributed by atoms with Crippen molar-refractivity contribution in [3.63, 3.8) is 0 Å². The van der Waals surface area contributed by atoms with Crippen LogP contribution in [0.25, 0.3) is 0 Å². The Morgan fingerprint density at radius 2 is 1.70 bits per heavy atom. The van der Waals surface area contributed by atoms with E-state index in [2.05, 4.69) is 31.4 Å². The highest BCUT2D eigenvalue weighted by molar-refractivity contribution is 5.96. The third-order valence-corrected chi connectivity index (χ3v) is 2.86. The van der Waals surface area contributed by atoms with Crippen LogP contribution in [-0.2, 0) is 10.2 Å². The minimum Gasteiger partial charge on any atom is -0.395 e. The summed E-state index contributed by atoms with van der Waals surface area (Å²) >= 11 is 0. The van der Waals surface area contributed by atoms with Gasteiger partial charge in [0.05, 0.1) is 13.2 Å². The summed E-state index contributed by atoms with van der Waals surface area (Å²) in [7, 11) is 0. The highest BCUT2D eigenvalue weighted by Gasteiger charge is 2.14. The average Bonchev–Trinajstić information content (AvgIpc) is 2.41. The third-order valence-electron chi connectivity index (χ3n) is 2.86. The standard InChI is InChI=1S/C15H22N2O3/c1-15(2,3)12-6-4-11(5-7-12)14(20)17-10-13(19)16-8-9-18/h4-7,18H,8-10H2,1-3H3,(H,16,19)(H,17,20). The first-order valence-electron chi connectivity index (χ1n) is 6.61. The van der Waals surface area contributed by atoms with E-state index in [4.69, 9.17) is 5.11 Å². The van der Waals surface area contributed by atoms with E-state index in [0.717, 1.165) is 5.56 Å². The first-order valence-corrected chi connectivity index (χ1v) is 6.61. The molecule has 0 aliphatic heterocycles. The Labute approximate surface area is 119 Å². The van der Waals surface area contributed by atoms with Gasteiger partial charge in [-0.2, -0.15) is 0 Å². The third kappa shape index (κ3) is 5.01. The number of benzene rings is 1. The fourth-order valence-electron chi connectivity index (χ4n) is 1.64. The zero-order chi connectivity index (χ0) is 15.2. The van der Waals surface area contributed by atoms with Gasteiger partial charge < -0.3 is 15.7 Å². The van der Waals surface area contributed by atoms with Crippen molar-refractivity contribution in [3.8, 4) is 0 Å². The summed E-state index contributed by atoms with van der Waals surface area (Å²) in [5.74, 6) is -0.608. The molecule has 0 spiro atoms. The van der Waals surface area contributed by atoms with E-state index in [0.29, 0.717) is 5.56 Å². The van der Waals surface area contributed by atoms with Crippen molar-refractivity contribution >= 4 is 11.8 Å². The quantitative estimate of drug-likeness (QED) is 0.746. The molecule has 0 saturated heterocycles. The molecule has 0 heterocycles. The van der Waals surface area contributed by atoms with Crippen LogP contribution in [0.15, 0.2) is 24.3 Å². The lowest BCUT2D eigenvalue weighted by Gasteiger charge is -2.19. The molecular formula is C15H22N2O3. The maximum absolute atomic E-state index is 11.8. The van der Waals surface area contributed by atoms with Gasteiger partial charge >= 0.3 is 0 Å². The number of carbonyl (C=O) groups excluding carboxylic acids is 2. The predicted molar refractivity (Wildman–Crippen MR) is 77.6 cm³/mol. The van der Waals surface area contributed by atoms with Crippen molar-refractivity contribution in [3.05, 3.63) is 35.4 Å². The molecule has 0 aliphatic carbocycles. The monoisotopic (exact) mass is 278 g/mol. The van der Waals surface area contributed by atoms with Gasteiger partial charge in [-0.05, 0) is 23.1 Å². The lowest BCUT2D eigenvalue weighted by Crippen LogP contribution is -2.38. The fourth-order valence-corrected chi connectivity index (χ4v) is 1.64. The smallest absolute Gasteiger partial charge is 0.251 e. The Morgan fingerprint density at radius 1 is 1.10 bits per heavy atom. The Morgan fingerprint density at radius 3 is 2.20 bits per heavy atom. The van der Waals surface area contributed by atoms with E-state index < -0.39 is 0 Å². The molecule has 0 fully saturated rings. The van der Waals surface area contributed by atoms with Crippen LogP contribution in [0, 0.1) is 0 Å². The van der Waals surface area contributed by atoms with Gasteiger partial charge in [0.1, 0.15) is 0 Å². The van der Waals surface area contributed by atoms with Crippen LogP contribution in [0.1, 0.15) is 36.7 Å². The van der Waals surface area contributed by atoms with Crippen molar-refractivity contribution in [1.29, 1.82) is 0 Å². The van der Waals surface area contributed by atoms with Gasteiger partial charge in [-0.1, -0.05) is 32.9 Å². The van der Waals surface area contributed by atoms with E-state index >= 15 is 0 Å². The van der Waals surface area contributed by atoms with E-state index in [-0.39, 0.29) is 36.9 Å². The number of amides is 2. The molecule has 1 rings (SSSR count).